The predicted octanol–water partition coefficient (Wildman–Crippen LogP) is 5.26. The fourth-order valence-electron chi connectivity index (χ4n) is 4.72. The van der Waals surface area contributed by atoms with E-state index in [1.54, 1.807) is 13.4 Å². The van der Waals surface area contributed by atoms with Crippen LogP contribution in [-0.2, 0) is 6.54 Å². The minimum Gasteiger partial charge on any atom is -0.497 e. The number of aryl methyl sites for hydroxylation is 1. The lowest BCUT2D eigenvalue weighted by atomic mass is 9.96. The molecule has 2 atom stereocenters. The highest BCUT2D eigenvalue weighted by molar-refractivity contribution is 7.80. The summed E-state index contributed by atoms with van der Waals surface area (Å²) in [4.78, 5) is 6.85. The highest BCUT2D eigenvalue weighted by atomic mass is 32.1. The van der Waals surface area contributed by atoms with E-state index in [0.29, 0.717) is 11.7 Å². The zero-order valence-electron chi connectivity index (χ0n) is 18.9. The number of benzene rings is 1. The van der Waals surface area contributed by atoms with E-state index in [0.717, 1.165) is 34.3 Å². The Morgan fingerprint density at radius 2 is 1.97 bits per heavy atom. The summed E-state index contributed by atoms with van der Waals surface area (Å²) in [6, 6.07) is 20.1. The van der Waals surface area contributed by atoms with Crippen molar-refractivity contribution in [3.05, 3.63) is 102 Å². The number of nitrogens with one attached hydrogen (secondary N) is 1. The summed E-state index contributed by atoms with van der Waals surface area (Å²) in [6.07, 6.45) is 3.52. The van der Waals surface area contributed by atoms with Crippen molar-refractivity contribution in [2.75, 3.05) is 7.11 Å². The van der Waals surface area contributed by atoms with Gasteiger partial charge >= 0.3 is 0 Å². The average molecular weight is 459 g/mol. The van der Waals surface area contributed by atoms with E-state index in [1.165, 1.54) is 5.56 Å². The number of methoxy groups -OCH3 is 1. The summed E-state index contributed by atoms with van der Waals surface area (Å²) < 4.78 is 13.4. The maximum atomic E-state index is 5.80. The van der Waals surface area contributed by atoms with E-state index < -0.39 is 0 Å². The van der Waals surface area contributed by atoms with Crippen LogP contribution in [0, 0.1) is 13.8 Å². The number of rotatable bonds is 6. The van der Waals surface area contributed by atoms with Gasteiger partial charge in [0.05, 0.1) is 37.7 Å². The molecule has 1 fully saturated rings. The second-order valence-electron chi connectivity index (χ2n) is 8.20. The van der Waals surface area contributed by atoms with Crippen molar-refractivity contribution >= 4 is 17.3 Å². The monoisotopic (exact) mass is 458 g/mol. The van der Waals surface area contributed by atoms with Crippen LogP contribution in [0.1, 0.15) is 40.5 Å². The molecule has 5 rings (SSSR count). The lowest BCUT2D eigenvalue weighted by Gasteiger charge is -2.27. The lowest BCUT2D eigenvalue weighted by Crippen LogP contribution is -2.29. The first-order valence-corrected chi connectivity index (χ1v) is 11.3. The predicted molar refractivity (Wildman–Crippen MR) is 131 cm³/mol. The van der Waals surface area contributed by atoms with Crippen LogP contribution in [0.15, 0.2) is 77.5 Å². The fraction of sp³-hybridized carbons (Fsp3) is 0.231. The molecule has 0 saturated carbocycles. The van der Waals surface area contributed by atoms with Crippen LogP contribution >= 0.6 is 12.2 Å². The molecule has 0 spiro atoms. The Balaban J connectivity index is 1.62. The molecule has 1 aliphatic rings. The summed E-state index contributed by atoms with van der Waals surface area (Å²) in [7, 11) is 1.69. The van der Waals surface area contributed by atoms with Gasteiger partial charge in [0.25, 0.3) is 0 Å². The zero-order chi connectivity index (χ0) is 22.9. The van der Waals surface area contributed by atoms with Gasteiger partial charge in [0.15, 0.2) is 5.11 Å². The molecule has 0 radical (unpaired) electrons. The summed E-state index contributed by atoms with van der Waals surface area (Å²) >= 11 is 5.80. The van der Waals surface area contributed by atoms with E-state index in [-0.39, 0.29) is 12.1 Å². The van der Waals surface area contributed by atoms with Crippen molar-refractivity contribution in [3.63, 3.8) is 0 Å². The number of thiocarbonyl (C=S) groups is 1. The third-order valence-electron chi connectivity index (χ3n) is 6.20. The van der Waals surface area contributed by atoms with Crippen molar-refractivity contribution in [1.29, 1.82) is 0 Å². The highest BCUT2D eigenvalue weighted by Gasteiger charge is 2.41. The summed E-state index contributed by atoms with van der Waals surface area (Å²) in [5, 5.41) is 4.21. The molecule has 0 aliphatic carbocycles. The smallest absolute Gasteiger partial charge is 0.170 e. The molecule has 3 aromatic heterocycles. The normalized spacial score (nSPS) is 17.9. The third-order valence-corrected chi connectivity index (χ3v) is 6.56. The topological polar surface area (TPSA) is 55.5 Å². The van der Waals surface area contributed by atoms with Gasteiger partial charge in [-0.1, -0.05) is 12.1 Å². The number of hydrogen-bond donors (Lipinski definition) is 1. The number of furan rings is 1. The van der Waals surface area contributed by atoms with Gasteiger partial charge in [0.2, 0.25) is 0 Å². The molecular formula is C26H26N4O2S. The molecule has 7 heteroatoms. The molecule has 6 nitrogen and oxygen atoms in total. The molecule has 4 aromatic rings. The van der Waals surface area contributed by atoms with E-state index in [4.69, 9.17) is 21.4 Å². The molecule has 0 bridgehead atoms. The lowest BCUT2D eigenvalue weighted by molar-refractivity contribution is 0.286. The summed E-state index contributed by atoms with van der Waals surface area (Å²) in [5.41, 5.74) is 5.52. The Labute approximate surface area is 198 Å². The first kappa shape index (κ1) is 21.3. The van der Waals surface area contributed by atoms with Crippen LogP contribution in [0.25, 0.3) is 5.69 Å². The number of aromatic nitrogens is 2. The molecule has 1 N–H and O–H groups in total. The minimum atomic E-state index is -0.0760. The molecule has 1 saturated heterocycles. The van der Waals surface area contributed by atoms with Gasteiger partial charge in [-0.3, -0.25) is 4.98 Å². The second kappa shape index (κ2) is 8.75. The van der Waals surface area contributed by atoms with Gasteiger partial charge in [-0.2, -0.15) is 0 Å². The average Bonchev–Trinajstić information content (AvgIpc) is 3.53. The van der Waals surface area contributed by atoms with Crippen LogP contribution < -0.4 is 10.1 Å². The Morgan fingerprint density at radius 3 is 2.70 bits per heavy atom. The van der Waals surface area contributed by atoms with Gasteiger partial charge in [0, 0.05) is 29.3 Å². The molecule has 1 aliphatic heterocycles. The molecular weight excluding hydrogens is 432 g/mol. The van der Waals surface area contributed by atoms with Gasteiger partial charge < -0.3 is 23.9 Å². The Hall–Kier alpha value is -3.58. The number of ether oxygens (including phenoxy) is 1. The molecule has 4 heterocycles. The van der Waals surface area contributed by atoms with E-state index in [1.807, 2.05) is 48.7 Å². The van der Waals surface area contributed by atoms with Crippen LogP contribution in [0.2, 0.25) is 0 Å². The maximum absolute atomic E-state index is 5.80. The van der Waals surface area contributed by atoms with E-state index in [2.05, 4.69) is 51.8 Å². The number of hydrogen-bond acceptors (Lipinski definition) is 4. The van der Waals surface area contributed by atoms with Crippen molar-refractivity contribution in [3.8, 4) is 11.4 Å². The molecule has 2 unspecified atom stereocenters. The fourth-order valence-corrected chi connectivity index (χ4v) is 5.02. The Kier molecular flexibility index (Phi) is 5.64. The molecule has 1 aromatic carbocycles. The zero-order valence-corrected chi connectivity index (χ0v) is 19.7. The van der Waals surface area contributed by atoms with Crippen LogP contribution in [0.5, 0.6) is 5.75 Å². The minimum absolute atomic E-state index is 0.0388. The van der Waals surface area contributed by atoms with Gasteiger partial charge in [0.1, 0.15) is 11.5 Å². The number of nitrogens with zero attached hydrogens (tertiary/aromatic N) is 3. The third kappa shape index (κ3) is 3.89. The van der Waals surface area contributed by atoms with Crippen LogP contribution in [0.3, 0.4) is 0 Å². The standard InChI is InChI=1S/C26H26N4O2S/c1-17-14-22(18(2)30(17)19-8-6-9-20(15-19)31-3)25-24(23-11-4-5-12-27-23)28-26(33)29(25)16-21-10-7-13-32-21/h4-15,24-25H,16H2,1-3H3,(H,28,33). The van der Waals surface area contributed by atoms with E-state index in [9.17, 15) is 0 Å². The van der Waals surface area contributed by atoms with Gasteiger partial charge in [-0.05, 0) is 74.1 Å². The van der Waals surface area contributed by atoms with Crippen LogP contribution in [-0.4, -0.2) is 26.7 Å². The maximum Gasteiger partial charge on any atom is 0.170 e. The van der Waals surface area contributed by atoms with Crippen molar-refractivity contribution in [2.24, 2.45) is 0 Å². The van der Waals surface area contributed by atoms with Crippen molar-refractivity contribution < 1.29 is 9.15 Å². The van der Waals surface area contributed by atoms with Crippen molar-refractivity contribution in [2.45, 2.75) is 32.5 Å². The van der Waals surface area contributed by atoms with Crippen LogP contribution in [0.4, 0.5) is 0 Å². The molecule has 168 valence electrons. The van der Waals surface area contributed by atoms with E-state index >= 15 is 0 Å². The quantitative estimate of drug-likeness (QED) is 0.398. The first-order valence-electron chi connectivity index (χ1n) is 10.9. The van der Waals surface area contributed by atoms with Crippen molar-refractivity contribution in [1.82, 2.24) is 19.8 Å². The highest BCUT2D eigenvalue weighted by Crippen LogP contribution is 2.42. The molecule has 0 amide bonds. The summed E-state index contributed by atoms with van der Waals surface area (Å²) in [5.74, 6) is 1.70. The number of pyridine rings is 1. The summed E-state index contributed by atoms with van der Waals surface area (Å²) in [6.45, 7) is 4.86. The Morgan fingerprint density at radius 1 is 1.09 bits per heavy atom. The Bertz CT molecular complexity index is 1270. The van der Waals surface area contributed by atoms with Gasteiger partial charge in [-0.15, -0.1) is 0 Å². The van der Waals surface area contributed by atoms with Gasteiger partial charge in [-0.25, -0.2) is 0 Å². The second-order valence-corrected chi connectivity index (χ2v) is 8.58. The SMILES string of the molecule is COc1cccc(-n2c(C)cc(C3C(c4ccccn4)NC(=S)N3Cc3ccco3)c2C)c1. The largest absolute Gasteiger partial charge is 0.497 e. The molecule has 33 heavy (non-hydrogen) atoms. The first-order chi connectivity index (χ1) is 16.1.